The fourth-order valence-electron chi connectivity index (χ4n) is 3.70. The normalized spacial score (nSPS) is 20.4. The van der Waals surface area contributed by atoms with Crippen molar-refractivity contribution in [2.75, 3.05) is 13.1 Å². The van der Waals surface area contributed by atoms with Gasteiger partial charge in [0.2, 0.25) is 0 Å². The molecule has 0 radical (unpaired) electrons. The molecule has 1 aliphatic rings. The van der Waals surface area contributed by atoms with Crippen molar-refractivity contribution in [1.29, 1.82) is 0 Å². The zero-order chi connectivity index (χ0) is 19.0. The van der Waals surface area contributed by atoms with Gasteiger partial charge in [0, 0.05) is 19.0 Å². The first-order chi connectivity index (χ1) is 13.0. The quantitative estimate of drug-likeness (QED) is 0.711. The number of benzene rings is 2. The molecule has 0 bridgehead atoms. The Hall–Kier alpha value is -2.66. The Labute approximate surface area is 159 Å². The van der Waals surface area contributed by atoms with E-state index in [-0.39, 0.29) is 18.1 Å². The summed E-state index contributed by atoms with van der Waals surface area (Å²) in [5.41, 5.74) is 2.59. The lowest BCUT2D eigenvalue weighted by Gasteiger charge is -2.39. The molecule has 5 heteroatoms. The minimum atomic E-state index is -0.119. The highest BCUT2D eigenvalue weighted by molar-refractivity contribution is 6.04. The summed E-state index contributed by atoms with van der Waals surface area (Å²) in [7, 11) is 1.88. The lowest BCUT2D eigenvalue weighted by Crippen LogP contribution is -2.48. The SMILES string of the molecule is CC(C)[C@H]1CN(C(=O)c2nn(C)c3ccccc23)C[C@@H](c2ccccc2)O1. The number of carbonyl (C=O) groups is 1. The van der Waals surface area contributed by atoms with E-state index in [1.54, 1.807) is 4.68 Å². The van der Waals surface area contributed by atoms with Crippen LogP contribution in [0.15, 0.2) is 54.6 Å². The number of carbonyl (C=O) groups excluding carboxylic acids is 1. The van der Waals surface area contributed by atoms with Crippen LogP contribution in [0.5, 0.6) is 0 Å². The molecule has 1 aliphatic heterocycles. The fraction of sp³-hybridized carbons (Fsp3) is 0.364. The van der Waals surface area contributed by atoms with Crippen molar-refractivity contribution < 1.29 is 9.53 Å². The van der Waals surface area contributed by atoms with E-state index < -0.39 is 0 Å². The predicted octanol–water partition coefficient (Wildman–Crippen LogP) is 3.81. The summed E-state index contributed by atoms with van der Waals surface area (Å²) in [5, 5.41) is 5.41. The monoisotopic (exact) mass is 363 g/mol. The van der Waals surface area contributed by atoms with Crippen LogP contribution in [0.4, 0.5) is 0 Å². The van der Waals surface area contributed by atoms with E-state index in [9.17, 15) is 4.79 Å². The Morgan fingerprint density at radius 3 is 2.52 bits per heavy atom. The Morgan fingerprint density at radius 1 is 1.07 bits per heavy atom. The van der Waals surface area contributed by atoms with E-state index in [0.717, 1.165) is 16.5 Å². The zero-order valence-corrected chi connectivity index (χ0v) is 16.0. The van der Waals surface area contributed by atoms with Gasteiger partial charge in [0.05, 0.1) is 18.2 Å². The molecule has 5 nitrogen and oxygen atoms in total. The number of fused-ring (bicyclic) bond motifs is 1. The number of ether oxygens (including phenoxy) is 1. The highest BCUT2D eigenvalue weighted by Gasteiger charge is 2.34. The molecule has 0 saturated carbocycles. The second-order valence-electron chi connectivity index (χ2n) is 7.52. The summed E-state index contributed by atoms with van der Waals surface area (Å²) in [6.07, 6.45) is -0.117. The molecular formula is C22H25N3O2. The van der Waals surface area contributed by atoms with E-state index in [4.69, 9.17) is 4.74 Å². The minimum Gasteiger partial charge on any atom is -0.366 e. The lowest BCUT2D eigenvalue weighted by atomic mass is 10.0. The van der Waals surface area contributed by atoms with Crippen LogP contribution in [0.25, 0.3) is 10.9 Å². The van der Waals surface area contributed by atoms with Gasteiger partial charge >= 0.3 is 0 Å². The maximum Gasteiger partial charge on any atom is 0.275 e. The number of morpholine rings is 1. The van der Waals surface area contributed by atoms with Crippen molar-refractivity contribution in [3.05, 3.63) is 65.9 Å². The number of hydrogen-bond acceptors (Lipinski definition) is 3. The van der Waals surface area contributed by atoms with Gasteiger partial charge in [0.15, 0.2) is 5.69 Å². The second kappa shape index (κ2) is 7.16. The molecule has 1 amide bonds. The summed E-state index contributed by atoms with van der Waals surface area (Å²) < 4.78 is 8.10. The van der Waals surface area contributed by atoms with Crippen LogP contribution in [0, 0.1) is 5.92 Å². The Kier molecular flexibility index (Phi) is 4.70. The molecule has 4 rings (SSSR count). The third kappa shape index (κ3) is 3.35. The van der Waals surface area contributed by atoms with Crippen LogP contribution in [0.3, 0.4) is 0 Å². The Morgan fingerprint density at radius 2 is 1.78 bits per heavy atom. The molecule has 2 heterocycles. The van der Waals surface area contributed by atoms with Gasteiger partial charge in [-0.15, -0.1) is 0 Å². The molecular weight excluding hydrogens is 338 g/mol. The highest BCUT2D eigenvalue weighted by Crippen LogP contribution is 2.30. The van der Waals surface area contributed by atoms with Crippen molar-refractivity contribution in [3.8, 4) is 0 Å². The number of hydrogen-bond donors (Lipinski definition) is 0. The van der Waals surface area contributed by atoms with Crippen molar-refractivity contribution in [1.82, 2.24) is 14.7 Å². The number of rotatable bonds is 3. The maximum absolute atomic E-state index is 13.4. The first-order valence-corrected chi connectivity index (χ1v) is 9.46. The summed E-state index contributed by atoms with van der Waals surface area (Å²) in [6, 6.07) is 18.0. The summed E-state index contributed by atoms with van der Waals surface area (Å²) in [4.78, 5) is 15.3. The Balaban J connectivity index is 1.67. The lowest BCUT2D eigenvalue weighted by molar-refractivity contribution is -0.0955. The van der Waals surface area contributed by atoms with Crippen molar-refractivity contribution in [2.45, 2.75) is 26.1 Å². The third-order valence-electron chi connectivity index (χ3n) is 5.29. The van der Waals surface area contributed by atoms with Crippen LogP contribution in [0.1, 0.15) is 36.0 Å². The van der Waals surface area contributed by atoms with Gasteiger partial charge in [-0.2, -0.15) is 5.10 Å². The van der Waals surface area contributed by atoms with Crippen LogP contribution < -0.4 is 0 Å². The van der Waals surface area contributed by atoms with E-state index in [1.807, 2.05) is 54.4 Å². The van der Waals surface area contributed by atoms with Crippen LogP contribution >= 0.6 is 0 Å². The first-order valence-electron chi connectivity index (χ1n) is 9.46. The third-order valence-corrected chi connectivity index (χ3v) is 5.29. The van der Waals surface area contributed by atoms with Gasteiger partial charge < -0.3 is 9.64 Å². The van der Waals surface area contributed by atoms with Gasteiger partial charge in [0.25, 0.3) is 5.91 Å². The Bertz CT molecular complexity index is 949. The molecule has 0 aliphatic carbocycles. The zero-order valence-electron chi connectivity index (χ0n) is 16.0. The average Bonchev–Trinajstić information content (AvgIpc) is 3.04. The van der Waals surface area contributed by atoms with E-state index in [2.05, 4.69) is 31.1 Å². The van der Waals surface area contributed by atoms with Crippen LogP contribution in [0.2, 0.25) is 0 Å². The molecule has 27 heavy (non-hydrogen) atoms. The highest BCUT2D eigenvalue weighted by atomic mass is 16.5. The van der Waals surface area contributed by atoms with E-state index >= 15 is 0 Å². The fourth-order valence-corrected chi connectivity index (χ4v) is 3.70. The van der Waals surface area contributed by atoms with Gasteiger partial charge in [-0.05, 0) is 17.5 Å². The number of nitrogens with zero attached hydrogens (tertiary/aromatic N) is 3. The minimum absolute atomic E-state index is 0.00267. The topological polar surface area (TPSA) is 47.4 Å². The average molecular weight is 363 g/mol. The van der Waals surface area contributed by atoms with Gasteiger partial charge in [0.1, 0.15) is 6.10 Å². The molecule has 140 valence electrons. The van der Waals surface area contributed by atoms with Crippen molar-refractivity contribution in [3.63, 3.8) is 0 Å². The smallest absolute Gasteiger partial charge is 0.275 e. The van der Waals surface area contributed by atoms with Crippen molar-refractivity contribution in [2.24, 2.45) is 13.0 Å². The molecule has 2 atom stereocenters. The van der Waals surface area contributed by atoms with Gasteiger partial charge in [-0.25, -0.2) is 0 Å². The number of aromatic nitrogens is 2. The number of amides is 1. The molecule has 1 aromatic heterocycles. The standard InChI is InChI=1S/C22H25N3O2/c1-15(2)19-13-25(14-20(27-19)16-9-5-4-6-10-16)22(26)21-17-11-7-8-12-18(17)24(3)23-21/h4-12,15,19-20H,13-14H2,1-3H3/t19-,20+/m1/s1. The van der Waals surface area contributed by atoms with Crippen molar-refractivity contribution >= 4 is 16.8 Å². The van der Waals surface area contributed by atoms with Gasteiger partial charge in [-0.3, -0.25) is 9.48 Å². The predicted molar refractivity (Wildman–Crippen MR) is 106 cm³/mol. The first kappa shape index (κ1) is 17.7. The largest absolute Gasteiger partial charge is 0.366 e. The molecule has 0 spiro atoms. The molecule has 1 saturated heterocycles. The van der Waals surface area contributed by atoms with Gasteiger partial charge in [-0.1, -0.05) is 62.4 Å². The molecule has 0 unspecified atom stereocenters. The summed E-state index contributed by atoms with van der Waals surface area (Å²) in [5.74, 6) is 0.300. The number of para-hydroxylation sites is 1. The maximum atomic E-state index is 13.4. The van der Waals surface area contributed by atoms with E-state index in [0.29, 0.717) is 24.7 Å². The molecule has 3 aromatic rings. The molecule has 0 N–H and O–H groups in total. The van der Waals surface area contributed by atoms with E-state index in [1.165, 1.54) is 0 Å². The molecule has 2 aromatic carbocycles. The van der Waals surface area contributed by atoms with Crippen LogP contribution in [-0.4, -0.2) is 39.8 Å². The molecule has 1 fully saturated rings. The summed E-state index contributed by atoms with van der Waals surface area (Å²) in [6.45, 7) is 5.40. The summed E-state index contributed by atoms with van der Waals surface area (Å²) >= 11 is 0. The second-order valence-corrected chi connectivity index (χ2v) is 7.52. The van der Waals surface area contributed by atoms with Crippen LogP contribution in [-0.2, 0) is 11.8 Å². The number of aryl methyl sites for hydroxylation is 1.